The number of nitrogens with zero attached hydrogens (tertiary/aromatic N) is 2. The normalized spacial score (nSPS) is 12.0. The first kappa shape index (κ1) is 28.9. The smallest absolute Gasteiger partial charge is 0.306 e. The van der Waals surface area contributed by atoms with Crippen LogP contribution in [0.1, 0.15) is 30.4 Å². The lowest BCUT2D eigenvalue weighted by molar-refractivity contribution is -0.141. The minimum atomic E-state index is -0.819. The average molecular weight is 591 g/mol. The molecule has 6 aromatic rings. The van der Waals surface area contributed by atoms with Gasteiger partial charge in [-0.05, 0) is 61.4 Å². The van der Waals surface area contributed by atoms with Gasteiger partial charge in [0.15, 0.2) is 11.5 Å². The lowest BCUT2D eigenvalue weighted by Gasteiger charge is -2.13. The van der Waals surface area contributed by atoms with Crippen molar-refractivity contribution in [2.24, 2.45) is 5.92 Å². The van der Waals surface area contributed by atoms with E-state index < -0.39 is 11.9 Å². The molecule has 0 aliphatic carbocycles. The number of para-hydroxylation sites is 1. The van der Waals surface area contributed by atoms with Crippen LogP contribution in [0.15, 0.2) is 95.4 Å². The summed E-state index contributed by atoms with van der Waals surface area (Å²) >= 11 is 0. The zero-order valence-electron chi connectivity index (χ0n) is 24.9. The number of carboxylic acid groups (broad SMARTS) is 1. The Balaban J connectivity index is 1.24. The molecule has 44 heavy (non-hydrogen) atoms. The second kappa shape index (κ2) is 12.6. The zero-order valence-corrected chi connectivity index (χ0v) is 24.9. The van der Waals surface area contributed by atoms with Crippen LogP contribution in [0, 0.1) is 12.8 Å². The van der Waals surface area contributed by atoms with E-state index in [1.165, 1.54) is 0 Å². The van der Waals surface area contributed by atoms with Crippen LogP contribution in [0.2, 0.25) is 0 Å². The minimum absolute atomic E-state index is 0.249. The van der Waals surface area contributed by atoms with Crippen molar-refractivity contribution in [1.29, 1.82) is 0 Å². The van der Waals surface area contributed by atoms with Gasteiger partial charge in [-0.1, -0.05) is 55.5 Å². The summed E-state index contributed by atoms with van der Waals surface area (Å²) in [5.41, 5.74) is 4.80. The van der Waals surface area contributed by atoms with Crippen LogP contribution in [-0.4, -0.2) is 34.3 Å². The summed E-state index contributed by atoms with van der Waals surface area (Å²) in [7, 11) is 1.64. The fourth-order valence-electron chi connectivity index (χ4n) is 5.35. The van der Waals surface area contributed by atoms with Gasteiger partial charge >= 0.3 is 5.97 Å². The van der Waals surface area contributed by atoms with E-state index >= 15 is 0 Å². The monoisotopic (exact) mass is 590 g/mol. The molecule has 4 aromatic carbocycles. The Kier molecular flexibility index (Phi) is 8.23. The van der Waals surface area contributed by atoms with Gasteiger partial charge in [0.2, 0.25) is 5.89 Å². The number of methoxy groups -OCH3 is 1. The number of carboxylic acids is 1. The van der Waals surface area contributed by atoms with Gasteiger partial charge < -0.3 is 28.3 Å². The predicted molar refractivity (Wildman–Crippen MR) is 169 cm³/mol. The van der Waals surface area contributed by atoms with Crippen molar-refractivity contribution in [3.8, 4) is 28.7 Å². The number of aliphatic carboxylic acids is 1. The zero-order chi connectivity index (χ0) is 30.6. The molecule has 0 unspecified atom stereocenters. The quantitative estimate of drug-likeness (QED) is 0.155. The van der Waals surface area contributed by atoms with E-state index in [4.69, 9.17) is 18.6 Å². The van der Waals surface area contributed by atoms with E-state index in [0.29, 0.717) is 42.7 Å². The lowest BCUT2D eigenvalue weighted by Crippen LogP contribution is -2.13. The molecule has 1 atom stereocenters. The Hall–Kier alpha value is -5.24. The van der Waals surface area contributed by atoms with Crippen LogP contribution in [0.4, 0.5) is 0 Å². The Morgan fingerprint density at radius 1 is 0.909 bits per heavy atom. The molecule has 0 radical (unpaired) electrons. The molecule has 0 aliphatic heterocycles. The molecular weight excluding hydrogens is 556 g/mol. The van der Waals surface area contributed by atoms with Crippen LogP contribution in [0.5, 0.6) is 17.2 Å². The largest absolute Gasteiger partial charge is 0.493 e. The third kappa shape index (κ3) is 5.83. The average Bonchev–Trinajstić information content (AvgIpc) is 3.58. The summed E-state index contributed by atoms with van der Waals surface area (Å²) in [4.78, 5) is 15.9. The van der Waals surface area contributed by atoms with Crippen LogP contribution in [0.25, 0.3) is 33.3 Å². The molecule has 0 amide bonds. The van der Waals surface area contributed by atoms with Gasteiger partial charge in [0, 0.05) is 28.4 Å². The standard InChI is InChI=1S/C36H34N2O6/c1-23(36(39)40)18-19-42-32-15-9-14-30-34(32)27-12-7-8-13-29(27)38(30)21-25-16-17-31(33(20-25)41-3)43-22-28-24(2)44-35(37-28)26-10-5-4-6-11-26/h4-17,20,23H,18-19,21-22H2,1-3H3,(H,39,40)/t23-/m1/s1. The predicted octanol–water partition coefficient (Wildman–Crippen LogP) is 7.88. The Morgan fingerprint density at radius 2 is 1.68 bits per heavy atom. The number of rotatable bonds is 12. The summed E-state index contributed by atoms with van der Waals surface area (Å²) in [5, 5.41) is 11.3. The fraction of sp³-hybridized carbons (Fsp3) is 0.222. The van der Waals surface area contributed by atoms with Gasteiger partial charge in [-0.15, -0.1) is 0 Å². The van der Waals surface area contributed by atoms with Crippen molar-refractivity contribution < 1.29 is 28.5 Å². The SMILES string of the molecule is COc1cc(Cn2c3ccccc3c3c(OCC[C@@H](C)C(=O)O)cccc32)ccc1OCc1nc(-c2ccccc2)oc1C. The van der Waals surface area contributed by atoms with E-state index in [-0.39, 0.29) is 6.61 Å². The molecule has 0 spiro atoms. The first-order valence-corrected chi connectivity index (χ1v) is 14.6. The van der Waals surface area contributed by atoms with Crippen LogP contribution >= 0.6 is 0 Å². The van der Waals surface area contributed by atoms with Crippen molar-refractivity contribution in [3.05, 3.63) is 108 Å². The van der Waals surface area contributed by atoms with E-state index in [9.17, 15) is 9.90 Å². The molecule has 2 heterocycles. The van der Waals surface area contributed by atoms with Gasteiger partial charge in [0.1, 0.15) is 23.8 Å². The molecule has 8 heteroatoms. The molecular formula is C36H34N2O6. The summed E-state index contributed by atoms with van der Waals surface area (Å²) in [5.74, 6) is 1.99. The van der Waals surface area contributed by atoms with E-state index in [0.717, 1.165) is 44.4 Å². The van der Waals surface area contributed by atoms with Gasteiger partial charge in [-0.3, -0.25) is 4.79 Å². The topological polar surface area (TPSA) is 96.0 Å². The van der Waals surface area contributed by atoms with Gasteiger partial charge in [-0.2, -0.15) is 0 Å². The molecule has 224 valence electrons. The van der Waals surface area contributed by atoms with Gasteiger partial charge in [0.25, 0.3) is 0 Å². The maximum Gasteiger partial charge on any atom is 0.306 e. The summed E-state index contributed by atoms with van der Waals surface area (Å²) in [6.07, 6.45) is 0.434. The maximum absolute atomic E-state index is 11.3. The second-order valence-corrected chi connectivity index (χ2v) is 10.8. The third-order valence-corrected chi connectivity index (χ3v) is 7.84. The first-order valence-electron chi connectivity index (χ1n) is 14.6. The molecule has 1 N–H and O–H groups in total. The third-order valence-electron chi connectivity index (χ3n) is 7.84. The highest BCUT2D eigenvalue weighted by molar-refractivity contribution is 6.11. The van der Waals surface area contributed by atoms with E-state index in [1.807, 2.05) is 79.7 Å². The number of carbonyl (C=O) groups is 1. The molecule has 6 rings (SSSR count). The summed E-state index contributed by atoms with van der Waals surface area (Å²) in [6.45, 7) is 4.76. The van der Waals surface area contributed by atoms with Crippen LogP contribution in [-0.2, 0) is 17.9 Å². The Bertz CT molecular complexity index is 1920. The van der Waals surface area contributed by atoms with Crippen molar-refractivity contribution in [3.63, 3.8) is 0 Å². The highest BCUT2D eigenvalue weighted by Crippen LogP contribution is 2.37. The number of ether oxygens (including phenoxy) is 3. The number of hydrogen-bond acceptors (Lipinski definition) is 6. The Morgan fingerprint density at radius 3 is 2.48 bits per heavy atom. The van der Waals surface area contributed by atoms with Crippen molar-refractivity contribution in [1.82, 2.24) is 9.55 Å². The number of aromatic nitrogens is 2. The molecule has 0 saturated carbocycles. The highest BCUT2D eigenvalue weighted by Gasteiger charge is 2.18. The van der Waals surface area contributed by atoms with Crippen LogP contribution in [0.3, 0.4) is 0 Å². The maximum atomic E-state index is 11.3. The van der Waals surface area contributed by atoms with E-state index in [2.05, 4.69) is 27.8 Å². The first-order chi connectivity index (χ1) is 21.4. The molecule has 0 fully saturated rings. The molecule has 2 aromatic heterocycles. The van der Waals surface area contributed by atoms with Gasteiger partial charge in [0.05, 0.1) is 25.2 Å². The molecule has 0 saturated heterocycles. The second-order valence-electron chi connectivity index (χ2n) is 10.8. The molecule has 0 bridgehead atoms. The van der Waals surface area contributed by atoms with Gasteiger partial charge in [-0.25, -0.2) is 4.98 Å². The van der Waals surface area contributed by atoms with Crippen molar-refractivity contribution in [2.75, 3.05) is 13.7 Å². The minimum Gasteiger partial charge on any atom is -0.493 e. The number of fused-ring (bicyclic) bond motifs is 3. The van der Waals surface area contributed by atoms with Crippen molar-refractivity contribution in [2.45, 2.75) is 33.4 Å². The van der Waals surface area contributed by atoms with E-state index in [1.54, 1.807) is 14.0 Å². The van der Waals surface area contributed by atoms with Crippen LogP contribution < -0.4 is 14.2 Å². The fourth-order valence-corrected chi connectivity index (χ4v) is 5.35. The molecule has 0 aliphatic rings. The summed E-state index contributed by atoms with van der Waals surface area (Å²) in [6, 6.07) is 30.0. The Labute approximate surface area is 255 Å². The summed E-state index contributed by atoms with van der Waals surface area (Å²) < 4.78 is 26.2. The number of hydrogen-bond donors (Lipinski definition) is 1. The number of oxazole rings is 1. The molecule has 8 nitrogen and oxygen atoms in total. The number of aryl methyl sites for hydroxylation is 1. The highest BCUT2D eigenvalue weighted by atomic mass is 16.5. The lowest BCUT2D eigenvalue weighted by atomic mass is 10.1. The number of benzene rings is 4. The van der Waals surface area contributed by atoms with Crippen molar-refractivity contribution >= 4 is 27.8 Å².